The van der Waals surface area contributed by atoms with E-state index in [1.54, 1.807) is 4.90 Å². The van der Waals surface area contributed by atoms with Crippen LogP contribution in [0, 0.1) is 0 Å². The summed E-state index contributed by atoms with van der Waals surface area (Å²) in [6.45, 7) is 2.71. The van der Waals surface area contributed by atoms with Crippen LogP contribution in [0.15, 0.2) is 28.8 Å². The summed E-state index contributed by atoms with van der Waals surface area (Å²) >= 11 is 0. The van der Waals surface area contributed by atoms with Gasteiger partial charge in [0.25, 0.3) is 0 Å². The topological polar surface area (TPSA) is 59.2 Å². The Balaban J connectivity index is 1.64. The number of nitrogens with zero attached hydrogens (tertiary/aromatic N) is 3. The summed E-state index contributed by atoms with van der Waals surface area (Å²) in [7, 11) is 0. The lowest BCUT2D eigenvalue weighted by Crippen LogP contribution is -2.24. The van der Waals surface area contributed by atoms with E-state index in [9.17, 15) is 18.0 Å². The molecule has 1 aromatic carbocycles. The number of carbonyl (C=O) groups is 1. The quantitative estimate of drug-likeness (QED) is 0.825. The Kier molecular flexibility index (Phi) is 4.78. The molecule has 2 heterocycles. The zero-order valence-corrected chi connectivity index (χ0v) is 13.7. The Morgan fingerprint density at radius 1 is 1.28 bits per heavy atom. The molecule has 3 rings (SSSR count). The molecule has 1 unspecified atom stereocenters. The molecule has 0 aliphatic carbocycles. The van der Waals surface area contributed by atoms with Gasteiger partial charge in [0.15, 0.2) is 5.82 Å². The molecule has 8 heteroatoms. The molecule has 0 radical (unpaired) electrons. The van der Waals surface area contributed by atoms with Crippen LogP contribution in [-0.2, 0) is 23.9 Å². The van der Waals surface area contributed by atoms with Crippen molar-refractivity contribution in [1.82, 2.24) is 15.0 Å². The molecule has 0 spiro atoms. The molecule has 1 fully saturated rings. The lowest BCUT2D eigenvalue weighted by atomic mass is 10.1. The van der Waals surface area contributed by atoms with Crippen molar-refractivity contribution in [3.8, 4) is 0 Å². The van der Waals surface area contributed by atoms with E-state index in [0.717, 1.165) is 25.0 Å². The first kappa shape index (κ1) is 17.4. The average molecular weight is 353 g/mol. The summed E-state index contributed by atoms with van der Waals surface area (Å²) in [4.78, 5) is 18.1. The number of benzene rings is 1. The molecule has 0 N–H and O–H groups in total. The number of halogens is 3. The van der Waals surface area contributed by atoms with Crippen molar-refractivity contribution in [2.45, 2.75) is 44.8 Å². The van der Waals surface area contributed by atoms with E-state index in [4.69, 9.17) is 4.52 Å². The van der Waals surface area contributed by atoms with E-state index in [2.05, 4.69) is 10.1 Å². The van der Waals surface area contributed by atoms with Gasteiger partial charge in [0.1, 0.15) is 0 Å². The number of carbonyl (C=O) groups excluding carboxylic acids is 1. The zero-order valence-electron chi connectivity index (χ0n) is 13.7. The molecular weight excluding hydrogens is 335 g/mol. The lowest BCUT2D eigenvalue weighted by Gasteiger charge is -2.16. The van der Waals surface area contributed by atoms with Crippen molar-refractivity contribution < 1.29 is 22.5 Å². The fourth-order valence-electron chi connectivity index (χ4n) is 2.87. The van der Waals surface area contributed by atoms with Gasteiger partial charge in [-0.25, -0.2) is 0 Å². The van der Waals surface area contributed by atoms with Crippen LogP contribution < -0.4 is 0 Å². The number of aromatic nitrogens is 2. The van der Waals surface area contributed by atoms with Crippen molar-refractivity contribution >= 4 is 5.91 Å². The Morgan fingerprint density at radius 2 is 2.00 bits per heavy atom. The van der Waals surface area contributed by atoms with Gasteiger partial charge in [-0.1, -0.05) is 24.2 Å². The third-order valence-electron chi connectivity index (χ3n) is 4.18. The van der Waals surface area contributed by atoms with Crippen LogP contribution in [0.4, 0.5) is 13.2 Å². The molecule has 1 saturated heterocycles. The smallest absolute Gasteiger partial charge is 0.339 e. The molecule has 0 bridgehead atoms. The minimum atomic E-state index is -4.36. The predicted molar refractivity (Wildman–Crippen MR) is 82.5 cm³/mol. The Bertz CT molecular complexity index is 740. The highest BCUT2D eigenvalue weighted by molar-refractivity contribution is 5.79. The summed E-state index contributed by atoms with van der Waals surface area (Å²) < 4.78 is 43.0. The highest BCUT2D eigenvalue weighted by Crippen LogP contribution is 2.31. The van der Waals surface area contributed by atoms with E-state index in [-0.39, 0.29) is 24.8 Å². The van der Waals surface area contributed by atoms with Crippen LogP contribution in [-0.4, -0.2) is 27.5 Å². The van der Waals surface area contributed by atoms with Gasteiger partial charge in [0.05, 0.1) is 11.5 Å². The van der Waals surface area contributed by atoms with Gasteiger partial charge in [-0.3, -0.25) is 4.79 Å². The minimum absolute atomic E-state index is 0.0693. The normalized spacial score (nSPS) is 18.2. The summed E-state index contributed by atoms with van der Waals surface area (Å²) in [5, 5.41) is 3.89. The van der Waals surface area contributed by atoms with Gasteiger partial charge < -0.3 is 9.42 Å². The summed E-state index contributed by atoms with van der Waals surface area (Å²) in [6.07, 6.45) is -2.46. The fourth-order valence-corrected chi connectivity index (χ4v) is 2.87. The first-order valence-corrected chi connectivity index (χ1v) is 8.13. The average Bonchev–Trinajstić information content (AvgIpc) is 3.15. The van der Waals surface area contributed by atoms with Gasteiger partial charge >= 0.3 is 6.18 Å². The summed E-state index contributed by atoms with van der Waals surface area (Å²) in [5.74, 6) is 0.845. The van der Waals surface area contributed by atoms with E-state index < -0.39 is 11.7 Å². The predicted octanol–water partition coefficient (Wildman–Crippen LogP) is 3.56. The van der Waals surface area contributed by atoms with Gasteiger partial charge in [-0.05, 0) is 24.1 Å². The van der Waals surface area contributed by atoms with Crippen LogP contribution in [0.3, 0.4) is 0 Å². The molecule has 1 amide bonds. The summed E-state index contributed by atoms with van der Waals surface area (Å²) in [6, 6.07) is 4.86. The van der Waals surface area contributed by atoms with Gasteiger partial charge in [0, 0.05) is 25.9 Å². The summed E-state index contributed by atoms with van der Waals surface area (Å²) in [5.41, 5.74) is -0.0459. The van der Waals surface area contributed by atoms with Crippen LogP contribution >= 0.6 is 0 Å². The third-order valence-corrected chi connectivity index (χ3v) is 4.18. The van der Waals surface area contributed by atoms with E-state index in [1.807, 2.05) is 6.92 Å². The third kappa shape index (κ3) is 4.00. The SMILES string of the molecule is CCCc1noc(C2CC(=O)N(Cc3ccc(C(F)(F)F)cc3)C2)n1. The van der Waals surface area contributed by atoms with Crippen LogP contribution in [0.25, 0.3) is 0 Å². The number of hydrogen-bond donors (Lipinski definition) is 0. The number of aryl methyl sites for hydroxylation is 1. The zero-order chi connectivity index (χ0) is 18.0. The van der Waals surface area contributed by atoms with E-state index in [1.165, 1.54) is 12.1 Å². The number of hydrogen-bond acceptors (Lipinski definition) is 4. The number of alkyl halides is 3. The van der Waals surface area contributed by atoms with Crippen molar-refractivity contribution in [1.29, 1.82) is 0 Å². The maximum Gasteiger partial charge on any atom is 0.416 e. The lowest BCUT2D eigenvalue weighted by molar-refractivity contribution is -0.137. The van der Waals surface area contributed by atoms with Crippen molar-refractivity contribution in [3.05, 3.63) is 47.1 Å². The first-order chi connectivity index (χ1) is 11.9. The molecular formula is C17H18F3N3O2. The number of amides is 1. The maximum atomic E-state index is 12.6. The molecule has 0 saturated carbocycles. The van der Waals surface area contributed by atoms with E-state index in [0.29, 0.717) is 23.8 Å². The van der Waals surface area contributed by atoms with Crippen molar-refractivity contribution in [3.63, 3.8) is 0 Å². The Labute approximate surface area is 142 Å². The molecule has 1 aromatic heterocycles. The minimum Gasteiger partial charge on any atom is -0.339 e. The standard InChI is InChI=1S/C17H18F3N3O2/c1-2-3-14-21-16(25-22-14)12-8-15(24)23(10-12)9-11-4-6-13(7-5-11)17(18,19)20/h4-7,12H,2-3,8-10H2,1H3. The fraction of sp³-hybridized carbons (Fsp3) is 0.471. The molecule has 1 atom stereocenters. The van der Waals surface area contributed by atoms with Gasteiger partial charge in [-0.2, -0.15) is 18.2 Å². The largest absolute Gasteiger partial charge is 0.416 e. The first-order valence-electron chi connectivity index (χ1n) is 8.13. The van der Waals surface area contributed by atoms with Crippen molar-refractivity contribution in [2.24, 2.45) is 0 Å². The Hall–Kier alpha value is -2.38. The molecule has 134 valence electrons. The van der Waals surface area contributed by atoms with Gasteiger partial charge in [-0.15, -0.1) is 0 Å². The number of likely N-dealkylation sites (tertiary alicyclic amines) is 1. The van der Waals surface area contributed by atoms with Crippen LogP contribution in [0.5, 0.6) is 0 Å². The molecule has 25 heavy (non-hydrogen) atoms. The highest BCUT2D eigenvalue weighted by atomic mass is 19.4. The van der Waals surface area contributed by atoms with Crippen molar-refractivity contribution in [2.75, 3.05) is 6.54 Å². The monoisotopic (exact) mass is 353 g/mol. The van der Waals surface area contributed by atoms with Crippen LogP contribution in [0.1, 0.15) is 48.5 Å². The second-order valence-electron chi connectivity index (χ2n) is 6.17. The second-order valence-corrected chi connectivity index (χ2v) is 6.17. The number of rotatable bonds is 5. The van der Waals surface area contributed by atoms with Crippen LogP contribution in [0.2, 0.25) is 0 Å². The molecule has 2 aromatic rings. The molecule has 1 aliphatic heterocycles. The van der Waals surface area contributed by atoms with Gasteiger partial charge in [0.2, 0.25) is 11.8 Å². The second kappa shape index (κ2) is 6.85. The Morgan fingerprint density at radius 3 is 2.64 bits per heavy atom. The molecule has 1 aliphatic rings. The maximum absolute atomic E-state index is 12.6. The van der Waals surface area contributed by atoms with E-state index >= 15 is 0 Å². The highest BCUT2D eigenvalue weighted by Gasteiger charge is 2.34. The molecule has 5 nitrogen and oxygen atoms in total.